The van der Waals surface area contributed by atoms with Crippen molar-refractivity contribution in [2.45, 2.75) is 20.0 Å². The summed E-state index contributed by atoms with van der Waals surface area (Å²) in [6.45, 7) is 6.12. The molecular weight excluding hydrogens is 443 g/mol. The van der Waals surface area contributed by atoms with Gasteiger partial charge in [0.05, 0.1) is 36.1 Å². The molecule has 1 fully saturated rings. The van der Waals surface area contributed by atoms with Gasteiger partial charge < -0.3 is 24.4 Å². The van der Waals surface area contributed by atoms with E-state index in [2.05, 4.69) is 10.2 Å². The van der Waals surface area contributed by atoms with Crippen molar-refractivity contribution >= 4 is 46.5 Å². The third-order valence-electron chi connectivity index (χ3n) is 4.68. The van der Waals surface area contributed by atoms with Crippen molar-refractivity contribution in [2.24, 2.45) is 0 Å². The molecule has 1 aliphatic rings. The van der Waals surface area contributed by atoms with Crippen molar-refractivity contribution in [1.82, 2.24) is 0 Å². The number of rotatable bonds is 7. The maximum absolute atomic E-state index is 12.6. The second kappa shape index (κ2) is 10.7. The maximum Gasteiger partial charge on any atom is 0.340 e. The van der Waals surface area contributed by atoms with E-state index in [1.165, 1.54) is 0 Å². The topological polar surface area (TPSA) is 77.1 Å². The molecule has 0 aliphatic carbocycles. The van der Waals surface area contributed by atoms with E-state index < -0.39 is 12.1 Å². The number of benzene rings is 2. The zero-order valence-electron chi connectivity index (χ0n) is 17.3. The number of anilines is 2. The lowest BCUT2D eigenvalue weighted by Gasteiger charge is -2.30. The van der Waals surface area contributed by atoms with Crippen LogP contribution in [0.3, 0.4) is 0 Å². The average molecular weight is 467 g/mol. The van der Waals surface area contributed by atoms with Crippen LogP contribution in [0.25, 0.3) is 0 Å². The van der Waals surface area contributed by atoms with Gasteiger partial charge in [-0.1, -0.05) is 23.2 Å². The molecule has 1 N–H and O–H groups in total. The van der Waals surface area contributed by atoms with Crippen molar-refractivity contribution in [2.75, 3.05) is 43.1 Å². The molecule has 1 heterocycles. The van der Waals surface area contributed by atoms with Gasteiger partial charge in [0.15, 0.2) is 6.10 Å². The number of esters is 1. The highest BCUT2D eigenvalue weighted by molar-refractivity contribution is 6.35. The Morgan fingerprint density at radius 2 is 1.90 bits per heavy atom. The van der Waals surface area contributed by atoms with Gasteiger partial charge in [0.1, 0.15) is 5.75 Å². The van der Waals surface area contributed by atoms with Gasteiger partial charge in [0.2, 0.25) is 0 Å². The molecule has 2 aromatic carbocycles. The van der Waals surface area contributed by atoms with Crippen molar-refractivity contribution in [3.05, 3.63) is 52.0 Å². The van der Waals surface area contributed by atoms with Crippen molar-refractivity contribution < 1.29 is 23.8 Å². The minimum Gasteiger partial charge on any atom is -0.479 e. The van der Waals surface area contributed by atoms with E-state index in [1.54, 1.807) is 50.2 Å². The number of halogens is 2. The van der Waals surface area contributed by atoms with Gasteiger partial charge in [-0.2, -0.15) is 0 Å². The number of carbonyl (C=O) groups excluding carboxylic acids is 2. The summed E-state index contributed by atoms with van der Waals surface area (Å²) in [6, 6.07) is 9.93. The summed E-state index contributed by atoms with van der Waals surface area (Å²) in [5, 5.41) is 3.56. The largest absolute Gasteiger partial charge is 0.479 e. The summed E-state index contributed by atoms with van der Waals surface area (Å²) in [6.07, 6.45) is -0.830. The molecule has 1 saturated heterocycles. The minimum atomic E-state index is -0.830. The lowest BCUT2D eigenvalue weighted by atomic mass is 10.1. The summed E-state index contributed by atoms with van der Waals surface area (Å²) in [7, 11) is 0. The number of carbonyl (C=O) groups is 2. The molecule has 0 aromatic heterocycles. The molecular formula is C22H24Cl2N2O5. The van der Waals surface area contributed by atoms with E-state index in [0.717, 1.165) is 5.69 Å². The first-order valence-corrected chi connectivity index (χ1v) is 10.7. The van der Waals surface area contributed by atoms with Gasteiger partial charge in [-0.15, -0.1) is 0 Å². The van der Waals surface area contributed by atoms with Crippen LogP contribution >= 0.6 is 23.2 Å². The Balaban J connectivity index is 1.75. The number of hydrogen-bond acceptors (Lipinski definition) is 6. The standard InChI is InChI=1S/C22H24Cl2N2O5/c1-3-30-22(28)17-13-16(5-6-19(17)26-8-10-29-11-9-26)25-21(27)14(2)31-20-7-4-15(23)12-18(20)24/h4-7,12-14H,3,8-11H2,1-2H3,(H,25,27)/t14-/m0/s1. The van der Waals surface area contributed by atoms with Gasteiger partial charge in [-0.05, 0) is 50.2 Å². The van der Waals surface area contributed by atoms with Crippen LogP contribution < -0.4 is 15.0 Å². The second-order valence-electron chi connectivity index (χ2n) is 6.88. The minimum absolute atomic E-state index is 0.255. The molecule has 1 amide bonds. The van der Waals surface area contributed by atoms with Crippen LogP contribution in [0.1, 0.15) is 24.2 Å². The van der Waals surface area contributed by atoms with Crippen molar-refractivity contribution in [3.8, 4) is 5.75 Å². The first-order valence-electron chi connectivity index (χ1n) is 9.95. The SMILES string of the molecule is CCOC(=O)c1cc(NC(=O)[C@H](C)Oc2ccc(Cl)cc2Cl)ccc1N1CCOCC1. The van der Waals surface area contributed by atoms with Crippen LogP contribution in [0.4, 0.5) is 11.4 Å². The first-order chi connectivity index (χ1) is 14.9. The third kappa shape index (κ3) is 6.03. The van der Waals surface area contributed by atoms with E-state index >= 15 is 0 Å². The lowest BCUT2D eigenvalue weighted by molar-refractivity contribution is -0.122. The van der Waals surface area contributed by atoms with Gasteiger partial charge in [0, 0.05) is 23.8 Å². The van der Waals surface area contributed by atoms with E-state index in [9.17, 15) is 9.59 Å². The fourth-order valence-corrected chi connectivity index (χ4v) is 3.58. The molecule has 31 heavy (non-hydrogen) atoms. The summed E-state index contributed by atoms with van der Waals surface area (Å²) in [4.78, 5) is 27.2. The maximum atomic E-state index is 12.6. The highest BCUT2D eigenvalue weighted by Gasteiger charge is 2.22. The third-order valence-corrected chi connectivity index (χ3v) is 5.21. The smallest absolute Gasteiger partial charge is 0.340 e. The van der Waals surface area contributed by atoms with E-state index in [4.69, 9.17) is 37.4 Å². The number of morpholine rings is 1. The van der Waals surface area contributed by atoms with Crippen LogP contribution in [0, 0.1) is 0 Å². The van der Waals surface area contributed by atoms with Crippen LogP contribution in [0.15, 0.2) is 36.4 Å². The molecule has 0 radical (unpaired) electrons. The van der Waals surface area contributed by atoms with Gasteiger partial charge in [-0.25, -0.2) is 4.79 Å². The Morgan fingerprint density at radius 1 is 1.16 bits per heavy atom. The van der Waals surface area contributed by atoms with E-state index in [0.29, 0.717) is 53.3 Å². The molecule has 0 spiro atoms. The molecule has 9 heteroatoms. The predicted molar refractivity (Wildman–Crippen MR) is 121 cm³/mol. The zero-order valence-corrected chi connectivity index (χ0v) is 18.8. The number of nitrogens with zero attached hydrogens (tertiary/aromatic N) is 1. The van der Waals surface area contributed by atoms with Gasteiger partial charge in [0.25, 0.3) is 5.91 Å². The molecule has 166 valence electrons. The molecule has 0 unspecified atom stereocenters. The molecule has 1 aliphatic heterocycles. The van der Waals surface area contributed by atoms with Crippen molar-refractivity contribution in [1.29, 1.82) is 0 Å². The summed E-state index contributed by atoms with van der Waals surface area (Å²) in [5.74, 6) is -0.485. The van der Waals surface area contributed by atoms with Crippen molar-refractivity contribution in [3.63, 3.8) is 0 Å². The van der Waals surface area contributed by atoms with Crippen LogP contribution in [0.2, 0.25) is 10.0 Å². The second-order valence-corrected chi connectivity index (χ2v) is 7.72. The Labute approximate surface area is 191 Å². The monoisotopic (exact) mass is 466 g/mol. The molecule has 0 bridgehead atoms. The highest BCUT2D eigenvalue weighted by atomic mass is 35.5. The van der Waals surface area contributed by atoms with Crippen LogP contribution in [0.5, 0.6) is 5.75 Å². The molecule has 3 rings (SSSR count). The Hall–Kier alpha value is -2.48. The predicted octanol–water partition coefficient (Wildman–Crippen LogP) is 4.41. The summed E-state index contributed by atoms with van der Waals surface area (Å²) < 4.78 is 16.3. The van der Waals surface area contributed by atoms with Gasteiger partial charge >= 0.3 is 5.97 Å². The average Bonchev–Trinajstić information content (AvgIpc) is 2.76. The van der Waals surface area contributed by atoms with Crippen LogP contribution in [-0.4, -0.2) is 50.9 Å². The quantitative estimate of drug-likeness (QED) is 0.608. The van der Waals surface area contributed by atoms with E-state index in [-0.39, 0.29) is 12.5 Å². The number of hydrogen-bond donors (Lipinski definition) is 1. The zero-order chi connectivity index (χ0) is 22.4. The lowest BCUT2D eigenvalue weighted by Crippen LogP contribution is -2.37. The number of amides is 1. The highest BCUT2D eigenvalue weighted by Crippen LogP contribution is 2.29. The van der Waals surface area contributed by atoms with Crippen LogP contribution in [-0.2, 0) is 14.3 Å². The molecule has 7 nitrogen and oxygen atoms in total. The summed E-state index contributed by atoms with van der Waals surface area (Å²) >= 11 is 12.0. The van der Waals surface area contributed by atoms with Gasteiger partial charge in [-0.3, -0.25) is 4.79 Å². The van der Waals surface area contributed by atoms with E-state index in [1.807, 2.05) is 0 Å². The molecule has 2 aromatic rings. The molecule has 1 atom stereocenters. The summed E-state index contributed by atoms with van der Waals surface area (Å²) in [5.41, 5.74) is 1.59. The fraction of sp³-hybridized carbons (Fsp3) is 0.364. The fourth-order valence-electron chi connectivity index (χ4n) is 3.12. The number of nitrogens with one attached hydrogen (secondary N) is 1. The first kappa shape index (κ1) is 23.2. The number of ether oxygens (including phenoxy) is 3. The molecule has 0 saturated carbocycles. The normalized spacial score (nSPS) is 14.6. The Bertz CT molecular complexity index is 947. The Morgan fingerprint density at radius 3 is 2.58 bits per heavy atom. The Kier molecular flexibility index (Phi) is 8.01.